The first-order valence-electron chi connectivity index (χ1n) is 8.92. The minimum absolute atomic E-state index is 0.443. The van der Waals surface area contributed by atoms with Crippen LogP contribution in [0.25, 0.3) is 0 Å². The van der Waals surface area contributed by atoms with Crippen molar-refractivity contribution in [2.75, 3.05) is 13.7 Å². The Balaban J connectivity index is 1.60. The largest absolute Gasteiger partial charge is 0.613 e. The summed E-state index contributed by atoms with van der Waals surface area (Å²) < 4.78 is 61.5. The molecule has 0 aliphatic carbocycles. The molecule has 7 unspecified atom stereocenters. The third-order valence-electron chi connectivity index (χ3n) is 4.56. The number of nitrogens with one attached hydrogen (secondary N) is 2. The fraction of sp³-hybridized carbons (Fsp3) is 0.625. The number of hydrogen-bond acceptors (Lipinski definition) is 9. The molecule has 30 heavy (non-hydrogen) atoms. The van der Waals surface area contributed by atoms with E-state index >= 15 is 0 Å². The van der Waals surface area contributed by atoms with E-state index in [1.807, 2.05) is 0 Å². The fourth-order valence-electron chi connectivity index (χ4n) is 2.92. The minimum atomic E-state index is -3.66. The molecule has 0 spiro atoms. The minimum Gasteiger partial charge on any atom is -0.434 e. The monoisotopic (exact) mass is 451 g/mol. The second-order valence-electron chi connectivity index (χ2n) is 6.62. The van der Waals surface area contributed by atoms with Gasteiger partial charge in [-0.25, -0.2) is 4.79 Å². The van der Waals surface area contributed by atoms with Crippen LogP contribution >= 0.6 is 8.18 Å². The van der Waals surface area contributed by atoms with Crippen molar-refractivity contribution in [3.8, 4) is 0 Å². The van der Waals surface area contributed by atoms with Crippen molar-refractivity contribution < 1.29 is 42.0 Å². The van der Waals surface area contributed by atoms with Crippen molar-refractivity contribution in [3.05, 3.63) is 25.1 Å². The van der Waals surface area contributed by atoms with Gasteiger partial charge in [-0.05, 0) is 17.6 Å². The lowest BCUT2D eigenvalue weighted by Crippen LogP contribution is -2.48. The van der Waals surface area contributed by atoms with Crippen LogP contribution in [0.15, 0.2) is 30.1 Å². The van der Waals surface area contributed by atoms with Crippen molar-refractivity contribution in [2.45, 2.75) is 49.8 Å². The number of epoxide rings is 1. The number of fused-ring (bicyclic) bond motifs is 1. The summed E-state index contributed by atoms with van der Waals surface area (Å²) in [6, 6.07) is -0.997. The molecule has 0 aromatic rings. The van der Waals surface area contributed by atoms with Gasteiger partial charge in [0.2, 0.25) is 0 Å². The lowest BCUT2D eigenvalue weighted by atomic mass is 10.1. The van der Waals surface area contributed by atoms with Gasteiger partial charge in [0.15, 0.2) is 24.8 Å². The van der Waals surface area contributed by atoms with Crippen molar-refractivity contribution >= 4 is 20.0 Å². The molecule has 0 aromatic carbocycles. The number of carbonyl (C=O) groups excluding carboxylic acids is 1. The molecule has 3 heterocycles. The van der Waals surface area contributed by atoms with Crippen LogP contribution in [0.4, 0.5) is 8.78 Å². The fourth-order valence-corrected chi connectivity index (χ4v) is 3.70. The maximum absolute atomic E-state index is 14.7. The smallest absolute Gasteiger partial charge is 0.434 e. The summed E-state index contributed by atoms with van der Waals surface area (Å²) in [7, 11) is -1.09. The Morgan fingerprint density at radius 3 is 3.00 bits per heavy atom. The third kappa shape index (κ3) is 4.66. The number of aliphatic hydroxyl groups is 1. The molecule has 14 heteroatoms. The van der Waals surface area contributed by atoms with Gasteiger partial charge in [0.25, 0.3) is 0 Å². The van der Waals surface area contributed by atoms with Crippen LogP contribution < -0.4 is 10.4 Å². The van der Waals surface area contributed by atoms with Crippen LogP contribution in [0, 0.1) is 0 Å². The number of nitrogens with zero attached hydrogens (tertiary/aromatic N) is 2. The SMILES string of the molecule is C=COC(=O)C(C)N[P+](=O)OCC1OC(N2C=CC(=NC)NC3OC32)C(F)(F)C1O. The molecule has 2 fully saturated rings. The predicted molar refractivity (Wildman–Crippen MR) is 98.2 cm³/mol. The second-order valence-corrected chi connectivity index (χ2v) is 7.65. The molecule has 0 radical (unpaired) electrons. The normalized spacial score (nSPS) is 34.6. The van der Waals surface area contributed by atoms with Gasteiger partial charge >= 0.3 is 20.1 Å². The first kappa shape index (κ1) is 22.7. The molecule has 0 saturated carbocycles. The summed E-state index contributed by atoms with van der Waals surface area (Å²) in [5.74, 6) is -3.97. The van der Waals surface area contributed by atoms with E-state index in [-0.39, 0.29) is 0 Å². The van der Waals surface area contributed by atoms with Gasteiger partial charge in [0.1, 0.15) is 24.6 Å². The van der Waals surface area contributed by atoms with Gasteiger partial charge < -0.3 is 29.5 Å². The zero-order valence-corrected chi connectivity index (χ0v) is 17.0. The number of esters is 1. The summed E-state index contributed by atoms with van der Waals surface area (Å²) in [5.41, 5.74) is 0. The van der Waals surface area contributed by atoms with Gasteiger partial charge in [-0.1, -0.05) is 11.7 Å². The lowest BCUT2D eigenvalue weighted by Gasteiger charge is -2.29. The highest BCUT2D eigenvalue weighted by atomic mass is 31.1. The average molecular weight is 451 g/mol. The van der Waals surface area contributed by atoms with Gasteiger partial charge in [-0.15, -0.1) is 4.52 Å². The average Bonchev–Trinajstić information content (AvgIpc) is 3.43. The van der Waals surface area contributed by atoms with Crippen molar-refractivity contribution in [1.82, 2.24) is 15.3 Å². The van der Waals surface area contributed by atoms with Crippen molar-refractivity contribution in [3.63, 3.8) is 0 Å². The van der Waals surface area contributed by atoms with Gasteiger partial charge in [-0.2, -0.15) is 8.78 Å². The number of hydrogen-bond donors (Lipinski definition) is 3. The summed E-state index contributed by atoms with van der Waals surface area (Å²) in [4.78, 5) is 16.5. The second kappa shape index (κ2) is 9.00. The Hall–Kier alpha value is -2.02. The summed E-state index contributed by atoms with van der Waals surface area (Å²) in [5, 5.41) is 15.3. The zero-order valence-electron chi connectivity index (χ0n) is 16.1. The first-order valence-corrected chi connectivity index (χ1v) is 10.1. The van der Waals surface area contributed by atoms with Crippen LogP contribution in [0.5, 0.6) is 0 Å². The highest BCUT2D eigenvalue weighted by Crippen LogP contribution is 2.42. The molecule has 3 N–H and O–H groups in total. The molecular weight excluding hydrogens is 429 g/mol. The maximum atomic E-state index is 14.7. The van der Waals surface area contributed by atoms with Crippen LogP contribution in [0.2, 0.25) is 0 Å². The number of alkyl halides is 2. The summed E-state index contributed by atoms with van der Waals surface area (Å²) >= 11 is 0. The quantitative estimate of drug-likeness (QED) is 0.203. The van der Waals surface area contributed by atoms with Crippen molar-refractivity contribution in [2.24, 2.45) is 4.99 Å². The Morgan fingerprint density at radius 2 is 2.33 bits per heavy atom. The van der Waals surface area contributed by atoms with Gasteiger partial charge in [0.05, 0.1) is 6.26 Å². The molecule has 0 bridgehead atoms. The Labute approximate surface area is 171 Å². The van der Waals surface area contributed by atoms with Crippen LogP contribution in [-0.4, -0.2) is 78.3 Å². The van der Waals surface area contributed by atoms with Gasteiger partial charge in [0, 0.05) is 13.2 Å². The zero-order chi connectivity index (χ0) is 22.1. The lowest BCUT2D eigenvalue weighted by molar-refractivity contribution is -0.163. The number of carbonyl (C=O) groups is 1. The Bertz CT molecular complexity index is 768. The highest BCUT2D eigenvalue weighted by Gasteiger charge is 2.64. The van der Waals surface area contributed by atoms with E-state index < -0.39 is 63.6 Å². The molecule has 0 amide bonds. The number of halogens is 2. The summed E-state index contributed by atoms with van der Waals surface area (Å²) in [6.45, 7) is 3.99. The standard InChI is InChI=1S/C16H22F2N4O7P/c1-4-26-14(24)8(2)21-30(25)27-7-9-11(23)16(17,18)15(28-9)22-6-5-10(19-3)20-12-13(22)29-12/h4-6,8-9,11-13,15,23H,1,7H2,2-3H3,(H,19,20)(H,21,25)/q+1. The van der Waals surface area contributed by atoms with E-state index in [0.717, 1.165) is 11.2 Å². The first-order chi connectivity index (χ1) is 14.2. The maximum Gasteiger partial charge on any atom is 0.613 e. The highest BCUT2D eigenvalue weighted by molar-refractivity contribution is 7.36. The van der Waals surface area contributed by atoms with E-state index in [2.05, 4.69) is 26.7 Å². The molecule has 3 rings (SSSR count). The molecule has 2 saturated heterocycles. The molecular formula is C16H22F2N4O7P+. The molecule has 11 nitrogen and oxygen atoms in total. The van der Waals surface area contributed by atoms with E-state index in [0.29, 0.717) is 5.84 Å². The summed E-state index contributed by atoms with van der Waals surface area (Å²) in [6.07, 6.45) is -3.04. The van der Waals surface area contributed by atoms with E-state index in [1.54, 1.807) is 0 Å². The number of aliphatic hydroxyl groups excluding tert-OH is 1. The molecule has 3 aliphatic rings. The van der Waals surface area contributed by atoms with E-state index in [1.165, 1.54) is 26.2 Å². The van der Waals surface area contributed by atoms with Crippen LogP contribution in [0.3, 0.4) is 0 Å². The van der Waals surface area contributed by atoms with E-state index in [9.17, 15) is 23.2 Å². The number of aliphatic imine (C=N–C) groups is 1. The molecule has 166 valence electrons. The van der Waals surface area contributed by atoms with Crippen LogP contribution in [-0.2, 0) is 28.1 Å². The van der Waals surface area contributed by atoms with Crippen LogP contribution in [0.1, 0.15) is 6.92 Å². The number of ether oxygens (including phenoxy) is 3. The Morgan fingerprint density at radius 1 is 1.60 bits per heavy atom. The molecule has 0 aromatic heterocycles. The van der Waals surface area contributed by atoms with Gasteiger partial charge in [-0.3, -0.25) is 4.99 Å². The predicted octanol–water partition coefficient (Wildman–Crippen LogP) is 0.176. The third-order valence-corrected chi connectivity index (χ3v) is 5.54. The number of amidine groups is 1. The number of rotatable bonds is 8. The Kier molecular flexibility index (Phi) is 6.80. The van der Waals surface area contributed by atoms with E-state index in [4.69, 9.17) is 14.0 Å². The molecule has 3 aliphatic heterocycles. The molecule has 7 atom stereocenters. The van der Waals surface area contributed by atoms with Crippen molar-refractivity contribution in [1.29, 1.82) is 0 Å². The topological polar surface area (TPSA) is 134 Å².